The topological polar surface area (TPSA) is 61.4 Å². The lowest BCUT2D eigenvalue weighted by Gasteiger charge is -2.24. The minimum atomic E-state index is -0.322. The third kappa shape index (κ3) is 2.59. The van der Waals surface area contributed by atoms with Gasteiger partial charge in [0.2, 0.25) is 11.8 Å². The van der Waals surface area contributed by atoms with Gasteiger partial charge in [-0.3, -0.25) is 19.8 Å². The van der Waals surface area contributed by atoms with Crippen LogP contribution in [0.2, 0.25) is 0 Å². The van der Waals surface area contributed by atoms with Crippen LogP contribution in [0.15, 0.2) is 0 Å². The van der Waals surface area contributed by atoms with E-state index < -0.39 is 0 Å². The fourth-order valence-corrected chi connectivity index (χ4v) is 2.34. The second-order valence-electron chi connectivity index (χ2n) is 4.67. The Morgan fingerprint density at radius 1 is 1.44 bits per heavy atom. The summed E-state index contributed by atoms with van der Waals surface area (Å²) in [6.07, 6.45) is 2.82. The first-order valence-electron chi connectivity index (χ1n) is 5.98. The smallest absolute Gasteiger partial charge is 0.244 e. The van der Waals surface area contributed by atoms with Crippen LogP contribution >= 0.6 is 0 Å². The first-order valence-corrected chi connectivity index (χ1v) is 5.98. The van der Waals surface area contributed by atoms with Crippen molar-refractivity contribution in [3.8, 4) is 0 Å². The molecule has 2 rings (SSSR count). The fourth-order valence-electron chi connectivity index (χ4n) is 2.34. The van der Waals surface area contributed by atoms with Gasteiger partial charge in [-0.25, -0.2) is 0 Å². The van der Waals surface area contributed by atoms with Crippen LogP contribution in [0.1, 0.15) is 26.2 Å². The maximum Gasteiger partial charge on any atom is 0.244 e. The van der Waals surface area contributed by atoms with Gasteiger partial charge in [-0.2, -0.15) is 0 Å². The molecule has 0 saturated carbocycles. The summed E-state index contributed by atoms with van der Waals surface area (Å²) in [5, 5.41) is 5.47. The van der Waals surface area contributed by atoms with E-state index in [1.54, 1.807) is 0 Å². The predicted octanol–water partition coefficient (Wildman–Crippen LogP) is -0.525. The highest BCUT2D eigenvalue weighted by Gasteiger charge is 2.30. The van der Waals surface area contributed by atoms with E-state index in [-0.39, 0.29) is 24.3 Å². The van der Waals surface area contributed by atoms with Gasteiger partial charge in [0.25, 0.3) is 0 Å². The number of imide groups is 1. The van der Waals surface area contributed by atoms with Crippen molar-refractivity contribution in [2.45, 2.75) is 38.3 Å². The van der Waals surface area contributed by atoms with Crippen molar-refractivity contribution < 1.29 is 9.59 Å². The molecule has 90 valence electrons. The molecule has 2 N–H and O–H groups in total. The van der Waals surface area contributed by atoms with Crippen molar-refractivity contribution in [3.63, 3.8) is 0 Å². The van der Waals surface area contributed by atoms with Crippen molar-refractivity contribution in [1.29, 1.82) is 0 Å². The predicted molar refractivity (Wildman–Crippen MR) is 59.8 cm³/mol. The zero-order chi connectivity index (χ0) is 11.5. The lowest BCUT2D eigenvalue weighted by molar-refractivity contribution is -0.125. The zero-order valence-corrected chi connectivity index (χ0v) is 9.66. The van der Waals surface area contributed by atoms with Gasteiger partial charge in [-0.1, -0.05) is 0 Å². The molecule has 0 aromatic heterocycles. The SMILES string of the molecule is CC(CNC1CC(=O)NC1=O)N1CCCC1. The van der Waals surface area contributed by atoms with Crippen LogP contribution in [0.25, 0.3) is 0 Å². The average Bonchev–Trinajstić information content (AvgIpc) is 2.84. The molecule has 0 radical (unpaired) electrons. The molecule has 0 bridgehead atoms. The van der Waals surface area contributed by atoms with Crippen LogP contribution in [-0.2, 0) is 9.59 Å². The van der Waals surface area contributed by atoms with Crippen LogP contribution in [0.5, 0.6) is 0 Å². The van der Waals surface area contributed by atoms with Crippen LogP contribution in [0.4, 0.5) is 0 Å². The van der Waals surface area contributed by atoms with Gasteiger partial charge in [0, 0.05) is 12.6 Å². The Bertz CT molecular complexity index is 287. The third-order valence-corrected chi connectivity index (χ3v) is 3.39. The maximum absolute atomic E-state index is 11.3. The summed E-state index contributed by atoms with van der Waals surface area (Å²) in [5.41, 5.74) is 0. The lowest BCUT2D eigenvalue weighted by Crippen LogP contribution is -2.44. The van der Waals surface area contributed by atoms with E-state index in [2.05, 4.69) is 22.5 Å². The molecule has 2 aliphatic rings. The Morgan fingerprint density at radius 3 is 2.69 bits per heavy atom. The van der Waals surface area contributed by atoms with Crippen molar-refractivity contribution in [3.05, 3.63) is 0 Å². The lowest BCUT2D eigenvalue weighted by atomic mass is 10.2. The fraction of sp³-hybridized carbons (Fsp3) is 0.818. The van der Waals surface area contributed by atoms with Crippen LogP contribution in [0, 0.1) is 0 Å². The minimum Gasteiger partial charge on any atom is -0.304 e. The number of rotatable bonds is 4. The highest BCUT2D eigenvalue weighted by atomic mass is 16.2. The van der Waals surface area contributed by atoms with E-state index in [0.717, 1.165) is 19.6 Å². The number of carbonyl (C=O) groups is 2. The summed E-state index contributed by atoms with van der Waals surface area (Å²) >= 11 is 0. The van der Waals surface area contributed by atoms with Gasteiger partial charge in [0.05, 0.1) is 12.5 Å². The molecule has 2 saturated heterocycles. The molecule has 0 aromatic rings. The van der Waals surface area contributed by atoms with Crippen LogP contribution in [-0.4, -0.2) is 48.4 Å². The Kier molecular flexibility index (Phi) is 3.56. The van der Waals surface area contributed by atoms with Crippen molar-refractivity contribution in [2.75, 3.05) is 19.6 Å². The summed E-state index contributed by atoms with van der Waals surface area (Å²) in [4.78, 5) is 24.7. The molecule has 2 amide bonds. The summed E-state index contributed by atoms with van der Waals surface area (Å²) in [6.45, 7) is 5.23. The Morgan fingerprint density at radius 2 is 2.12 bits per heavy atom. The van der Waals surface area contributed by atoms with E-state index in [4.69, 9.17) is 0 Å². The molecule has 2 aliphatic heterocycles. The van der Waals surface area contributed by atoms with Gasteiger partial charge in [-0.05, 0) is 32.9 Å². The zero-order valence-electron chi connectivity index (χ0n) is 9.66. The summed E-state index contributed by atoms with van der Waals surface area (Å²) in [5.74, 6) is -0.352. The normalized spacial score (nSPS) is 28.4. The standard InChI is InChI=1S/C11H19N3O2/c1-8(14-4-2-3-5-14)7-12-9-6-10(15)13-11(9)16/h8-9,12H,2-7H2,1H3,(H,13,15,16). The molecular formula is C11H19N3O2. The van der Waals surface area contributed by atoms with Gasteiger partial charge >= 0.3 is 0 Å². The number of nitrogens with one attached hydrogen (secondary N) is 2. The van der Waals surface area contributed by atoms with Crippen LogP contribution in [0.3, 0.4) is 0 Å². The molecule has 2 atom stereocenters. The first-order chi connectivity index (χ1) is 7.66. The van der Waals surface area contributed by atoms with Crippen molar-refractivity contribution in [2.24, 2.45) is 0 Å². The van der Waals surface area contributed by atoms with Gasteiger partial charge in [0.15, 0.2) is 0 Å². The largest absolute Gasteiger partial charge is 0.304 e. The summed E-state index contributed by atoms with van der Waals surface area (Å²) in [6, 6.07) is 0.114. The Labute approximate surface area is 95.6 Å². The number of likely N-dealkylation sites (tertiary alicyclic amines) is 1. The van der Waals surface area contributed by atoms with E-state index in [0.29, 0.717) is 6.04 Å². The highest BCUT2D eigenvalue weighted by molar-refractivity contribution is 6.05. The molecule has 5 heteroatoms. The van der Waals surface area contributed by atoms with Crippen molar-refractivity contribution >= 4 is 11.8 Å². The first kappa shape index (κ1) is 11.5. The second kappa shape index (κ2) is 4.93. The van der Waals surface area contributed by atoms with E-state index in [1.165, 1.54) is 12.8 Å². The van der Waals surface area contributed by atoms with E-state index >= 15 is 0 Å². The molecular weight excluding hydrogens is 206 g/mol. The minimum absolute atomic E-state index is 0.170. The Hall–Kier alpha value is -0.940. The Balaban J connectivity index is 1.74. The molecule has 5 nitrogen and oxygen atoms in total. The van der Waals surface area contributed by atoms with E-state index in [1.807, 2.05) is 0 Å². The second-order valence-corrected chi connectivity index (χ2v) is 4.67. The molecule has 2 unspecified atom stereocenters. The third-order valence-electron chi connectivity index (χ3n) is 3.39. The number of hydrogen-bond donors (Lipinski definition) is 2. The van der Waals surface area contributed by atoms with E-state index in [9.17, 15) is 9.59 Å². The molecule has 2 fully saturated rings. The molecule has 0 aromatic carbocycles. The molecule has 0 aliphatic carbocycles. The number of hydrogen-bond acceptors (Lipinski definition) is 4. The van der Waals surface area contributed by atoms with Crippen molar-refractivity contribution in [1.82, 2.24) is 15.5 Å². The highest BCUT2D eigenvalue weighted by Crippen LogP contribution is 2.11. The monoisotopic (exact) mass is 225 g/mol. The quantitative estimate of drug-likeness (QED) is 0.632. The summed E-state index contributed by atoms with van der Waals surface area (Å²) < 4.78 is 0. The molecule has 2 heterocycles. The number of carbonyl (C=O) groups excluding carboxylic acids is 2. The average molecular weight is 225 g/mol. The van der Waals surface area contributed by atoms with Gasteiger partial charge in [0.1, 0.15) is 0 Å². The molecule has 0 spiro atoms. The number of nitrogens with zero attached hydrogens (tertiary/aromatic N) is 1. The van der Waals surface area contributed by atoms with Crippen LogP contribution < -0.4 is 10.6 Å². The van der Waals surface area contributed by atoms with Gasteiger partial charge < -0.3 is 5.32 Å². The van der Waals surface area contributed by atoms with Gasteiger partial charge in [-0.15, -0.1) is 0 Å². The molecule has 16 heavy (non-hydrogen) atoms. The maximum atomic E-state index is 11.3. The number of amides is 2. The summed E-state index contributed by atoms with van der Waals surface area (Å²) in [7, 11) is 0.